The lowest BCUT2D eigenvalue weighted by Crippen LogP contribution is -2.56. The molecule has 2 aliphatic rings. The fourth-order valence-electron chi connectivity index (χ4n) is 5.15. The molecule has 5 rings (SSSR count). The summed E-state index contributed by atoms with van der Waals surface area (Å²) in [6.07, 6.45) is 4.75. The number of likely N-dealkylation sites (tertiary alicyclic amines) is 1. The van der Waals surface area contributed by atoms with Crippen LogP contribution < -0.4 is 5.32 Å². The van der Waals surface area contributed by atoms with Crippen molar-refractivity contribution in [2.45, 2.75) is 44.2 Å². The molecule has 3 aromatic rings. The minimum absolute atomic E-state index is 0.162. The van der Waals surface area contributed by atoms with Crippen LogP contribution in [-0.4, -0.2) is 38.8 Å². The number of rotatable bonds is 3. The predicted octanol–water partition coefficient (Wildman–Crippen LogP) is 3.28. The van der Waals surface area contributed by atoms with Gasteiger partial charge < -0.3 is 9.72 Å². The Balaban J connectivity index is 1.48. The Morgan fingerprint density at radius 1 is 1.18 bits per heavy atom. The summed E-state index contributed by atoms with van der Waals surface area (Å²) in [5, 5.41) is 3.40. The maximum absolute atomic E-state index is 12.3. The molecule has 144 valence electrons. The summed E-state index contributed by atoms with van der Waals surface area (Å²) in [5.41, 5.74) is 4.47. The zero-order valence-electron chi connectivity index (χ0n) is 16.3. The van der Waals surface area contributed by atoms with Gasteiger partial charge in [-0.15, -0.1) is 0 Å². The van der Waals surface area contributed by atoms with E-state index in [1.807, 2.05) is 6.07 Å². The second-order valence-corrected chi connectivity index (χ2v) is 8.26. The predicted molar refractivity (Wildman–Crippen MR) is 109 cm³/mol. The molecule has 0 radical (unpaired) electrons. The summed E-state index contributed by atoms with van der Waals surface area (Å²) in [6, 6.07) is 16.8. The van der Waals surface area contributed by atoms with Crippen molar-refractivity contribution in [2.75, 3.05) is 13.1 Å². The number of carbonyl (C=O) groups is 1. The number of hydrogen-bond acceptors (Lipinski definition) is 3. The highest BCUT2D eigenvalue weighted by molar-refractivity contribution is 5.78. The van der Waals surface area contributed by atoms with Crippen LogP contribution in [0.25, 0.3) is 5.65 Å². The van der Waals surface area contributed by atoms with Crippen LogP contribution in [-0.2, 0) is 11.3 Å². The van der Waals surface area contributed by atoms with E-state index in [9.17, 15) is 4.79 Å². The number of pyridine rings is 1. The van der Waals surface area contributed by atoms with E-state index in [2.05, 4.69) is 70.2 Å². The highest BCUT2D eigenvalue weighted by Gasteiger charge is 2.49. The van der Waals surface area contributed by atoms with Gasteiger partial charge in [-0.1, -0.05) is 36.4 Å². The SMILES string of the molecule is Cc1nc2ccccn2c1CN1C[C@@H](c2ccccc2)[C@@]2(CCCC(=O)N2)C1. The average molecular weight is 374 g/mol. The number of imidazole rings is 1. The molecule has 4 heterocycles. The molecule has 1 amide bonds. The van der Waals surface area contributed by atoms with Crippen LogP contribution in [0.4, 0.5) is 0 Å². The largest absolute Gasteiger partial charge is 0.349 e. The highest BCUT2D eigenvalue weighted by atomic mass is 16.1. The normalized spacial score (nSPS) is 25.5. The van der Waals surface area contributed by atoms with Crippen molar-refractivity contribution >= 4 is 11.6 Å². The van der Waals surface area contributed by atoms with Crippen LogP contribution in [0.2, 0.25) is 0 Å². The van der Waals surface area contributed by atoms with Crippen molar-refractivity contribution in [3.05, 3.63) is 71.7 Å². The van der Waals surface area contributed by atoms with E-state index in [-0.39, 0.29) is 11.4 Å². The lowest BCUT2D eigenvalue weighted by Gasteiger charge is -2.39. The quantitative estimate of drug-likeness (QED) is 0.765. The molecule has 0 aliphatic carbocycles. The first-order valence-electron chi connectivity index (χ1n) is 10.2. The first-order chi connectivity index (χ1) is 13.6. The number of benzene rings is 1. The van der Waals surface area contributed by atoms with Gasteiger partial charge in [0.15, 0.2) is 0 Å². The molecule has 5 heteroatoms. The Hall–Kier alpha value is -2.66. The lowest BCUT2D eigenvalue weighted by molar-refractivity contribution is -0.125. The summed E-state index contributed by atoms with van der Waals surface area (Å²) in [6.45, 7) is 4.77. The molecule has 1 spiro atoms. The van der Waals surface area contributed by atoms with E-state index >= 15 is 0 Å². The van der Waals surface area contributed by atoms with E-state index in [0.29, 0.717) is 12.3 Å². The minimum atomic E-state index is -0.162. The number of piperidine rings is 1. The fraction of sp³-hybridized carbons (Fsp3) is 0.391. The molecule has 1 N–H and O–H groups in total. The first kappa shape index (κ1) is 17.4. The molecule has 28 heavy (non-hydrogen) atoms. The molecule has 0 bridgehead atoms. The topological polar surface area (TPSA) is 49.6 Å². The van der Waals surface area contributed by atoms with Gasteiger partial charge >= 0.3 is 0 Å². The van der Waals surface area contributed by atoms with Crippen molar-refractivity contribution < 1.29 is 4.79 Å². The summed E-state index contributed by atoms with van der Waals surface area (Å²) in [7, 11) is 0. The third kappa shape index (κ3) is 2.90. The van der Waals surface area contributed by atoms with Crippen molar-refractivity contribution in [2.24, 2.45) is 0 Å². The van der Waals surface area contributed by atoms with Crippen LogP contribution in [0, 0.1) is 6.92 Å². The molecule has 2 aliphatic heterocycles. The zero-order chi connectivity index (χ0) is 19.1. The molecule has 2 aromatic heterocycles. The Kier molecular flexibility index (Phi) is 4.20. The van der Waals surface area contributed by atoms with Gasteiger partial charge in [-0.25, -0.2) is 4.98 Å². The molecule has 2 saturated heterocycles. The molecule has 1 aromatic carbocycles. The van der Waals surface area contributed by atoms with Gasteiger partial charge in [0.2, 0.25) is 5.91 Å². The second-order valence-electron chi connectivity index (χ2n) is 8.26. The molecule has 2 fully saturated rings. The van der Waals surface area contributed by atoms with Crippen LogP contribution in [0.15, 0.2) is 54.7 Å². The van der Waals surface area contributed by atoms with Gasteiger partial charge in [0.25, 0.3) is 0 Å². The zero-order valence-corrected chi connectivity index (χ0v) is 16.3. The standard InChI is InChI=1S/C23H26N4O/c1-17-20(27-13-6-5-10-21(27)24-17)15-26-14-19(18-8-3-2-4-9-18)23(16-26)12-7-11-22(28)25-23/h2-6,8-10,13,19H,7,11-12,14-16H2,1H3,(H,25,28)/t19-,23+/m0/s1. The smallest absolute Gasteiger partial charge is 0.220 e. The van der Waals surface area contributed by atoms with E-state index in [4.69, 9.17) is 4.98 Å². The molecule has 5 nitrogen and oxygen atoms in total. The van der Waals surface area contributed by atoms with Crippen molar-refractivity contribution in [3.63, 3.8) is 0 Å². The number of nitrogens with one attached hydrogen (secondary N) is 1. The van der Waals surface area contributed by atoms with E-state index in [1.54, 1.807) is 0 Å². The lowest BCUT2D eigenvalue weighted by atomic mass is 9.76. The second kappa shape index (κ2) is 6.74. The number of amides is 1. The maximum Gasteiger partial charge on any atom is 0.220 e. The number of hydrogen-bond donors (Lipinski definition) is 1. The van der Waals surface area contributed by atoms with Crippen molar-refractivity contribution in [3.8, 4) is 0 Å². The van der Waals surface area contributed by atoms with E-state index < -0.39 is 0 Å². The summed E-state index contributed by atoms with van der Waals surface area (Å²) in [4.78, 5) is 19.5. The van der Waals surface area contributed by atoms with Crippen molar-refractivity contribution in [1.82, 2.24) is 19.6 Å². The molecular weight excluding hydrogens is 348 g/mol. The van der Waals surface area contributed by atoms with Crippen LogP contribution in [0.1, 0.15) is 42.1 Å². The van der Waals surface area contributed by atoms with Gasteiger partial charge in [0.1, 0.15) is 5.65 Å². The van der Waals surface area contributed by atoms with Crippen LogP contribution in [0.3, 0.4) is 0 Å². The van der Waals surface area contributed by atoms with Gasteiger partial charge in [0.05, 0.1) is 16.9 Å². The van der Waals surface area contributed by atoms with E-state index in [0.717, 1.165) is 43.8 Å². The van der Waals surface area contributed by atoms with E-state index in [1.165, 1.54) is 11.3 Å². The van der Waals surface area contributed by atoms with Gasteiger partial charge in [0, 0.05) is 38.2 Å². The molecular formula is C23H26N4O. The third-order valence-corrected chi connectivity index (χ3v) is 6.43. The molecule has 2 atom stereocenters. The molecule has 0 unspecified atom stereocenters. The van der Waals surface area contributed by atoms with Crippen LogP contribution >= 0.6 is 0 Å². The third-order valence-electron chi connectivity index (χ3n) is 6.43. The Labute approximate surface area is 165 Å². The Morgan fingerprint density at radius 3 is 2.82 bits per heavy atom. The highest BCUT2D eigenvalue weighted by Crippen LogP contribution is 2.41. The average Bonchev–Trinajstić information content (AvgIpc) is 3.20. The van der Waals surface area contributed by atoms with Gasteiger partial charge in [-0.3, -0.25) is 9.69 Å². The monoisotopic (exact) mass is 374 g/mol. The van der Waals surface area contributed by atoms with Crippen molar-refractivity contribution in [1.29, 1.82) is 0 Å². The summed E-state index contributed by atoms with van der Waals surface area (Å²) in [5.74, 6) is 0.512. The fourth-order valence-corrected chi connectivity index (χ4v) is 5.15. The first-order valence-corrected chi connectivity index (χ1v) is 10.2. The number of aryl methyl sites for hydroxylation is 1. The number of carbonyl (C=O) groups excluding carboxylic acids is 1. The van der Waals surface area contributed by atoms with Gasteiger partial charge in [-0.2, -0.15) is 0 Å². The maximum atomic E-state index is 12.3. The van der Waals surface area contributed by atoms with Crippen LogP contribution in [0.5, 0.6) is 0 Å². The number of fused-ring (bicyclic) bond motifs is 1. The Bertz CT molecular complexity index is 1010. The minimum Gasteiger partial charge on any atom is -0.349 e. The number of aromatic nitrogens is 2. The molecule has 0 saturated carbocycles. The van der Waals surface area contributed by atoms with Gasteiger partial charge in [-0.05, 0) is 37.5 Å². The summed E-state index contributed by atoms with van der Waals surface area (Å²) < 4.78 is 2.19. The summed E-state index contributed by atoms with van der Waals surface area (Å²) >= 11 is 0. The number of nitrogens with zero attached hydrogens (tertiary/aromatic N) is 3. The Morgan fingerprint density at radius 2 is 2.00 bits per heavy atom.